The summed E-state index contributed by atoms with van der Waals surface area (Å²) < 4.78 is 0. The Morgan fingerprint density at radius 2 is 1.94 bits per heavy atom. The smallest absolute Gasteiger partial charge is 0.0237 e. The Morgan fingerprint density at radius 3 is 2.47 bits per heavy atom. The van der Waals surface area contributed by atoms with Crippen LogP contribution in [0.5, 0.6) is 0 Å². The number of aryl methyl sites for hydroxylation is 2. The first kappa shape index (κ1) is 12.6. The second kappa shape index (κ2) is 5.65. The molecule has 94 valence electrons. The van der Waals surface area contributed by atoms with E-state index in [1.807, 2.05) is 0 Å². The third-order valence-electron chi connectivity index (χ3n) is 3.62. The van der Waals surface area contributed by atoms with E-state index in [0.29, 0.717) is 0 Å². The van der Waals surface area contributed by atoms with Crippen LogP contribution < -0.4 is 5.32 Å². The molecule has 1 aromatic rings. The van der Waals surface area contributed by atoms with E-state index in [2.05, 4.69) is 49.2 Å². The van der Waals surface area contributed by atoms with Crippen LogP contribution in [0.15, 0.2) is 18.2 Å². The van der Waals surface area contributed by atoms with Crippen LogP contribution in [0.4, 0.5) is 0 Å². The third kappa shape index (κ3) is 3.30. The maximum Gasteiger partial charge on any atom is 0.0237 e. The van der Waals surface area contributed by atoms with Crippen molar-refractivity contribution < 1.29 is 0 Å². The molecule has 1 fully saturated rings. The lowest BCUT2D eigenvalue weighted by molar-refractivity contribution is 0.210. The number of nitrogens with zero attached hydrogens (tertiary/aromatic N) is 1. The van der Waals surface area contributed by atoms with Crippen molar-refractivity contribution in [1.82, 2.24) is 10.2 Å². The van der Waals surface area contributed by atoms with Gasteiger partial charge < -0.3 is 5.32 Å². The molecule has 0 saturated carbocycles. The van der Waals surface area contributed by atoms with E-state index in [1.54, 1.807) is 0 Å². The molecule has 0 aliphatic carbocycles. The van der Waals surface area contributed by atoms with Crippen molar-refractivity contribution in [3.63, 3.8) is 0 Å². The summed E-state index contributed by atoms with van der Waals surface area (Å²) in [6.07, 6.45) is 1.29. The normalized spacial score (nSPS) is 20.1. The van der Waals surface area contributed by atoms with Gasteiger partial charge in [-0.25, -0.2) is 0 Å². The molecule has 1 aromatic carbocycles. The van der Waals surface area contributed by atoms with Gasteiger partial charge in [-0.3, -0.25) is 4.90 Å². The third-order valence-corrected chi connectivity index (χ3v) is 3.62. The lowest BCUT2D eigenvalue weighted by Gasteiger charge is -2.27. The topological polar surface area (TPSA) is 15.3 Å². The average molecular weight is 232 g/mol. The minimum Gasteiger partial charge on any atom is -0.315 e. The van der Waals surface area contributed by atoms with Crippen molar-refractivity contribution >= 4 is 0 Å². The monoisotopic (exact) mass is 232 g/mol. The summed E-state index contributed by atoms with van der Waals surface area (Å²) in [7, 11) is 0. The zero-order valence-electron chi connectivity index (χ0n) is 11.3. The maximum atomic E-state index is 3.45. The zero-order valence-corrected chi connectivity index (χ0v) is 11.3. The van der Waals surface area contributed by atoms with Gasteiger partial charge in [0.15, 0.2) is 0 Å². The molecule has 0 bridgehead atoms. The summed E-state index contributed by atoms with van der Waals surface area (Å²) in [5.41, 5.74) is 4.21. The highest BCUT2D eigenvalue weighted by atomic mass is 15.2. The fraction of sp³-hybridized carbons (Fsp3) is 0.600. The van der Waals surface area contributed by atoms with Crippen LogP contribution in [-0.2, 0) is 6.54 Å². The number of nitrogens with one attached hydrogen (secondary N) is 1. The van der Waals surface area contributed by atoms with Gasteiger partial charge in [0, 0.05) is 19.1 Å². The zero-order chi connectivity index (χ0) is 12.3. The minimum atomic E-state index is 0.723. The number of rotatable bonds is 4. The predicted molar refractivity (Wildman–Crippen MR) is 73.3 cm³/mol. The Hall–Kier alpha value is -0.860. The quantitative estimate of drug-likeness (QED) is 0.858. The second-order valence-electron chi connectivity index (χ2n) is 5.21. The molecule has 1 atom stereocenters. The van der Waals surface area contributed by atoms with E-state index in [9.17, 15) is 0 Å². The highest BCUT2D eigenvalue weighted by Gasteiger charge is 2.20. The number of hydrogen-bond acceptors (Lipinski definition) is 2. The van der Waals surface area contributed by atoms with Gasteiger partial charge in [0.25, 0.3) is 0 Å². The van der Waals surface area contributed by atoms with Crippen molar-refractivity contribution in [2.24, 2.45) is 0 Å². The van der Waals surface area contributed by atoms with E-state index in [-0.39, 0.29) is 0 Å². The molecular formula is C15H24N2. The molecule has 1 N–H and O–H groups in total. The van der Waals surface area contributed by atoms with Gasteiger partial charge in [0.05, 0.1) is 0 Å². The van der Waals surface area contributed by atoms with Crippen molar-refractivity contribution in [3.8, 4) is 0 Å². The van der Waals surface area contributed by atoms with E-state index in [0.717, 1.165) is 25.7 Å². The largest absolute Gasteiger partial charge is 0.315 e. The van der Waals surface area contributed by atoms with Crippen LogP contribution in [0, 0.1) is 13.8 Å². The summed E-state index contributed by atoms with van der Waals surface area (Å²) in [4.78, 5) is 2.59. The SMILES string of the molecule is CCN(Cc1cc(C)cc(C)c1)C1CCNC1. The average Bonchev–Trinajstić information content (AvgIpc) is 2.77. The maximum absolute atomic E-state index is 3.45. The molecule has 17 heavy (non-hydrogen) atoms. The first-order valence-electron chi connectivity index (χ1n) is 6.71. The Balaban J connectivity index is 2.06. The molecule has 1 aliphatic heterocycles. The first-order valence-corrected chi connectivity index (χ1v) is 6.71. The Kier molecular flexibility index (Phi) is 4.19. The summed E-state index contributed by atoms with van der Waals surface area (Å²) in [5.74, 6) is 0. The molecule has 0 amide bonds. The van der Waals surface area contributed by atoms with Gasteiger partial charge in [-0.2, -0.15) is 0 Å². The van der Waals surface area contributed by atoms with Gasteiger partial charge >= 0.3 is 0 Å². The molecule has 1 aliphatic rings. The van der Waals surface area contributed by atoms with Crippen LogP contribution in [0.2, 0.25) is 0 Å². The number of likely N-dealkylation sites (N-methyl/N-ethyl adjacent to an activating group) is 1. The van der Waals surface area contributed by atoms with Gasteiger partial charge in [0.1, 0.15) is 0 Å². The van der Waals surface area contributed by atoms with Gasteiger partial charge in [0.2, 0.25) is 0 Å². The molecule has 2 heteroatoms. The molecule has 0 spiro atoms. The summed E-state index contributed by atoms with van der Waals surface area (Å²) in [5, 5.41) is 3.45. The highest BCUT2D eigenvalue weighted by molar-refractivity contribution is 5.28. The molecular weight excluding hydrogens is 208 g/mol. The molecule has 0 aromatic heterocycles. The Morgan fingerprint density at radius 1 is 1.24 bits per heavy atom. The van der Waals surface area contributed by atoms with Gasteiger partial charge in [-0.15, -0.1) is 0 Å². The fourth-order valence-corrected chi connectivity index (χ4v) is 2.84. The molecule has 2 nitrogen and oxygen atoms in total. The van der Waals surface area contributed by atoms with Gasteiger partial charge in [-0.05, 0) is 38.9 Å². The van der Waals surface area contributed by atoms with Crippen molar-refractivity contribution in [2.75, 3.05) is 19.6 Å². The second-order valence-corrected chi connectivity index (χ2v) is 5.21. The summed E-state index contributed by atoms with van der Waals surface area (Å²) >= 11 is 0. The lowest BCUT2D eigenvalue weighted by Crippen LogP contribution is -2.36. The van der Waals surface area contributed by atoms with E-state index >= 15 is 0 Å². The Bertz CT molecular complexity index is 347. The fourth-order valence-electron chi connectivity index (χ4n) is 2.84. The lowest BCUT2D eigenvalue weighted by atomic mass is 10.1. The standard InChI is InChI=1S/C15H24N2/c1-4-17(15-5-6-16-10-15)11-14-8-12(2)7-13(3)9-14/h7-9,15-16H,4-6,10-11H2,1-3H3. The molecule has 2 rings (SSSR count). The van der Waals surface area contributed by atoms with Crippen LogP contribution in [0.25, 0.3) is 0 Å². The van der Waals surface area contributed by atoms with Crippen molar-refractivity contribution in [3.05, 3.63) is 34.9 Å². The van der Waals surface area contributed by atoms with E-state index < -0.39 is 0 Å². The number of benzene rings is 1. The van der Waals surface area contributed by atoms with Crippen LogP contribution in [-0.4, -0.2) is 30.6 Å². The van der Waals surface area contributed by atoms with Crippen LogP contribution in [0.1, 0.15) is 30.0 Å². The molecule has 1 saturated heterocycles. The molecule has 1 heterocycles. The van der Waals surface area contributed by atoms with Crippen molar-refractivity contribution in [1.29, 1.82) is 0 Å². The summed E-state index contributed by atoms with van der Waals surface area (Å²) in [6, 6.07) is 7.60. The van der Waals surface area contributed by atoms with Crippen LogP contribution in [0.3, 0.4) is 0 Å². The molecule has 1 unspecified atom stereocenters. The predicted octanol–water partition coefficient (Wildman–Crippen LogP) is 2.49. The van der Waals surface area contributed by atoms with E-state index in [4.69, 9.17) is 0 Å². The summed E-state index contributed by atoms with van der Waals surface area (Å²) in [6.45, 7) is 11.2. The van der Waals surface area contributed by atoms with Crippen LogP contribution >= 0.6 is 0 Å². The van der Waals surface area contributed by atoms with Crippen molar-refractivity contribution in [2.45, 2.75) is 39.8 Å². The van der Waals surface area contributed by atoms with E-state index in [1.165, 1.54) is 29.7 Å². The highest BCUT2D eigenvalue weighted by Crippen LogP contribution is 2.15. The Labute approximate surface area is 105 Å². The minimum absolute atomic E-state index is 0.723. The van der Waals surface area contributed by atoms with Gasteiger partial charge in [-0.1, -0.05) is 36.2 Å². The first-order chi connectivity index (χ1) is 8.19. The molecule has 0 radical (unpaired) electrons. The number of hydrogen-bond donors (Lipinski definition) is 1.